The molecule has 0 saturated heterocycles. The van der Waals surface area contributed by atoms with Gasteiger partial charge in [0, 0.05) is 11.6 Å². The Morgan fingerprint density at radius 1 is 0.583 bits per heavy atom. The van der Waals surface area contributed by atoms with E-state index < -0.39 is 74.4 Å². The van der Waals surface area contributed by atoms with Crippen molar-refractivity contribution in [2.45, 2.75) is 6.92 Å². The first-order valence-electron chi connectivity index (χ1n) is 8.58. The molecule has 0 radical (unpaired) electrons. The van der Waals surface area contributed by atoms with Crippen molar-refractivity contribution in [2.75, 3.05) is 12.1 Å². The third kappa shape index (κ3) is 5.88. The zero-order valence-electron chi connectivity index (χ0n) is 17.6. The van der Waals surface area contributed by atoms with Crippen LogP contribution in [-0.4, -0.2) is 41.6 Å². The van der Waals surface area contributed by atoms with Crippen LogP contribution in [0.15, 0.2) is 24.3 Å². The van der Waals surface area contributed by atoms with Crippen molar-refractivity contribution in [3.05, 3.63) is 101 Å². The number of hydrogen-bond acceptors (Lipinski definition) is 14. The Kier molecular flexibility index (Phi) is 8.40. The minimum atomic E-state index is -1.17. The first-order valence-corrected chi connectivity index (χ1v) is 8.58. The molecular weight excluding hydrogens is 504 g/mol. The lowest BCUT2D eigenvalue weighted by molar-refractivity contribution is -0.493. The first kappa shape index (κ1) is 28.1. The van der Waals surface area contributed by atoms with E-state index >= 15 is 0 Å². The summed E-state index contributed by atoms with van der Waals surface area (Å²) < 4.78 is 0. The van der Waals surface area contributed by atoms with Crippen molar-refractivity contribution in [1.29, 1.82) is 0 Å². The summed E-state index contributed by atoms with van der Waals surface area (Å²) in [4.78, 5) is 67.9. The number of nitro groups is 7. The molecule has 0 fully saturated rings. The zero-order chi connectivity index (χ0) is 28.1. The van der Waals surface area contributed by atoms with Crippen LogP contribution in [0.1, 0.15) is 5.56 Å². The summed E-state index contributed by atoms with van der Waals surface area (Å²) in [6.45, 7) is 1.27. The molecule has 0 aliphatic carbocycles. The Balaban J connectivity index is 0.000000369. The summed E-state index contributed by atoms with van der Waals surface area (Å²) in [5.41, 5.74) is -6.89. The van der Waals surface area contributed by atoms with Gasteiger partial charge >= 0.3 is 28.4 Å². The number of hydrazine groups is 1. The highest BCUT2D eigenvalue weighted by atomic mass is 16.7. The number of benzene rings is 2. The van der Waals surface area contributed by atoms with Crippen molar-refractivity contribution >= 4 is 39.8 Å². The van der Waals surface area contributed by atoms with Gasteiger partial charge < -0.3 is 0 Å². The molecule has 22 heteroatoms. The molecule has 2 rings (SSSR count). The average Bonchev–Trinajstić information content (AvgIpc) is 2.76. The highest BCUT2D eigenvalue weighted by molar-refractivity contribution is 5.77. The van der Waals surface area contributed by atoms with Crippen LogP contribution in [0.4, 0.5) is 39.8 Å². The molecule has 2 aromatic rings. The summed E-state index contributed by atoms with van der Waals surface area (Å²) in [5.74, 6) is 0. The van der Waals surface area contributed by atoms with Gasteiger partial charge in [-0.2, -0.15) is 0 Å². The molecule has 0 unspecified atom stereocenters. The standard InChI is InChI=1S/C7H5N5O8.C7H5N3O6/c1-8(12(19)20)7-5(10(15)16)2-4(9(13)14)3-6(7)11(17)18;1-4-2-3-5(8(11)12)7(10(15)16)6(4)9(13)14/h2-3H,1H3;2-3H,1H3. The Morgan fingerprint density at radius 3 is 1.31 bits per heavy atom. The van der Waals surface area contributed by atoms with Crippen molar-refractivity contribution in [1.82, 2.24) is 0 Å². The van der Waals surface area contributed by atoms with Gasteiger partial charge in [0.05, 0.1) is 48.7 Å². The highest BCUT2D eigenvalue weighted by Crippen LogP contribution is 2.40. The van der Waals surface area contributed by atoms with Crippen LogP contribution in [0.5, 0.6) is 0 Å². The summed E-state index contributed by atoms with van der Waals surface area (Å²) >= 11 is 0. The van der Waals surface area contributed by atoms with E-state index in [4.69, 9.17) is 0 Å². The molecule has 0 heterocycles. The van der Waals surface area contributed by atoms with E-state index in [-0.39, 0.29) is 10.6 Å². The Labute approximate surface area is 195 Å². The summed E-state index contributed by atoms with van der Waals surface area (Å²) in [5, 5.41) is 73.4. The van der Waals surface area contributed by atoms with Crippen LogP contribution < -0.4 is 5.01 Å². The number of nitrogens with zero attached hydrogens (tertiary/aromatic N) is 8. The maximum Gasteiger partial charge on any atom is 0.422 e. The molecule has 2 aromatic carbocycles. The fourth-order valence-electron chi connectivity index (χ4n) is 2.61. The van der Waals surface area contributed by atoms with Crippen LogP contribution in [0.25, 0.3) is 0 Å². The van der Waals surface area contributed by atoms with E-state index in [9.17, 15) is 70.8 Å². The van der Waals surface area contributed by atoms with Crippen LogP contribution in [0.2, 0.25) is 0 Å². The van der Waals surface area contributed by atoms with Crippen molar-refractivity contribution in [3.8, 4) is 0 Å². The van der Waals surface area contributed by atoms with Gasteiger partial charge in [0.2, 0.25) is 0 Å². The molecule has 0 aliphatic rings. The van der Waals surface area contributed by atoms with Gasteiger partial charge in [-0.25, -0.2) is 10.1 Å². The predicted octanol–water partition coefficient (Wildman–Crippen LogP) is 2.76. The van der Waals surface area contributed by atoms with Crippen LogP contribution in [-0.2, 0) is 0 Å². The second-order valence-corrected chi connectivity index (χ2v) is 6.24. The van der Waals surface area contributed by atoms with Gasteiger partial charge in [0.15, 0.2) is 5.03 Å². The summed E-state index contributed by atoms with van der Waals surface area (Å²) in [6.07, 6.45) is 0. The lowest BCUT2D eigenvalue weighted by Gasteiger charge is -2.08. The number of hydrogen-bond donors (Lipinski definition) is 0. The van der Waals surface area contributed by atoms with E-state index in [0.717, 1.165) is 19.2 Å². The minimum absolute atomic E-state index is 0.00213. The Bertz CT molecular complexity index is 1290. The topological polar surface area (TPSA) is 305 Å². The van der Waals surface area contributed by atoms with E-state index in [1.165, 1.54) is 6.92 Å². The SMILES string of the molecule is CN(c1c([N+](=O)[O-])cc([N+](=O)[O-])cc1[N+](=O)[O-])[N+](=O)[O-].Cc1ccc([N+](=O)[O-])c([N+](=O)[O-])c1[N+](=O)[O-]. The number of non-ortho nitro benzene ring substituents is 1. The third-order valence-electron chi connectivity index (χ3n) is 4.12. The molecule has 0 aliphatic heterocycles. The number of nitro benzene ring substituents is 6. The highest BCUT2D eigenvalue weighted by Gasteiger charge is 2.38. The lowest BCUT2D eigenvalue weighted by atomic mass is 10.1. The maximum absolute atomic E-state index is 10.8. The monoisotopic (exact) mass is 514 g/mol. The molecule has 0 N–H and O–H groups in total. The first-order chi connectivity index (χ1) is 16.5. The number of rotatable bonds is 8. The van der Waals surface area contributed by atoms with Crippen molar-refractivity contribution in [3.63, 3.8) is 0 Å². The zero-order valence-corrected chi connectivity index (χ0v) is 17.6. The van der Waals surface area contributed by atoms with Gasteiger partial charge in [0.1, 0.15) is 0 Å². The van der Waals surface area contributed by atoms with Crippen molar-refractivity contribution in [2.24, 2.45) is 0 Å². The molecule has 0 atom stereocenters. The molecular formula is C14H10N8O14. The molecule has 0 aromatic heterocycles. The van der Waals surface area contributed by atoms with Gasteiger partial charge in [0.25, 0.3) is 11.4 Å². The lowest BCUT2D eigenvalue weighted by Crippen LogP contribution is -2.26. The molecule has 0 bridgehead atoms. The summed E-state index contributed by atoms with van der Waals surface area (Å²) in [6, 6.07) is 2.81. The van der Waals surface area contributed by atoms with E-state index in [1.54, 1.807) is 0 Å². The Hall–Kier alpha value is -5.96. The van der Waals surface area contributed by atoms with Gasteiger partial charge in [-0.15, -0.1) is 0 Å². The average molecular weight is 514 g/mol. The van der Waals surface area contributed by atoms with Crippen LogP contribution >= 0.6 is 0 Å². The van der Waals surface area contributed by atoms with E-state index in [0.29, 0.717) is 12.1 Å². The second kappa shape index (κ2) is 10.8. The quantitative estimate of drug-likeness (QED) is 0.361. The molecule has 190 valence electrons. The van der Waals surface area contributed by atoms with Crippen LogP contribution in [0.3, 0.4) is 0 Å². The smallest absolute Gasteiger partial charge is 0.258 e. The molecule has 36 heavy (non-hydrogen) atoms. The second-order valence-electron chi connectivity index (χ2n) is 6.24. The Morgan fingerprint density at radius 2 is 1.00 bits per heavy atom. The fourth-order valence-corrected chi connectivity index (χ4v) is 2.61. The fraction of sp³-hybridized carbons (Fsp3) is 0.143. The minimum Gasteiger partial charge on any atom is -0.258 e. The third-order valence-corrected chi connectivity index (χ3v) is 4.12. The molecule has 0 spiro atoms. The normalized spacial score (nSPS) is 9.83. The maximum atomic E-state index is 10.8. The number of aryl methyl sites for hydroxylation is 1. The van der Waals surface area contributed by atoms with Gasteiger partial charge in [-0.3, -0.25) is 60.7 Å². The van der Waals surface area contributed by atoms with Crippen molar-refractivity contribution < 1.29 is 34.6 Å². The van der Waals surface area contributed by atoms with E-state index in [1.807, 2.05) is 0 Å². The van der Waals surface area contributed by atoms with E-state index in [2.05, 4.69) is 0 Å². The summed E-state index contributed by atoms with van der Waals surface area (Å²) in [7, 11) is 0.751. The molecule has 0 amide bonds. The van der Waals surface area contributed by atoms with Gasteiger partial charge in [-0.05, 0) is 13.0 Å². The predicted molar refractivity (Wildman–Crippen MR) is 113 cm³/mol. The molecule has 22 nitrogen and oxygen atoms in total. The van der Waals surface area contributed by atoms with Gasteiger partial charge in [-0.1, -0.05) is 5.01 Å². The molecule has 0 saturated carbocycles. The van der Waals surface area contributed by atoms with Crippen LogP contribution in [0, 0.1) is 77.7 Å². The number of anilines is 1. The largest absolute Gasteiger partial charge is 0.422 e.